The van der Waals surface area contributed by atoms with Crippen molar-refractivity contribution in [3.63, 3.8) is 0 Å². The number of pyridine rings is 1. The lowest BCUT2D eigenvalue weighted by molar-refractivity contribution is -0.148. The minimum Gasteiger partial charge on any atom is -0.468 e. The van der Waals surface area contributed by atoms with E-state index < -0.39 is 5.54 Å². The van der Waals surface area contributed by atoms with Crippen molar-refractivity contribution >= 4 is 17.7 Å². The van der Waals surface area contributed by atoms with Crippen molar-refractivity contribution in [2.45, 2.75) is 55.6 Å². The van der Waals surface area contributed by atoms with Gasteiger partial charge in [-0.3, -0.25) is 10.1 Å². The molecule has 5 heteroatoms. The molecule has 1 aliphatic rings. The van der Waals surface area contributed by atoms with Crippen LogP contribution in [0.2, 0.25) is 0 Å². The summed E-state index contributed by atoms with van der Waals surface area (Å²) in [7, 11) is 1.46. The number of nitrogens with one attached hydrogen (secondary N) is 1. The number of carbonyl (C=O) groups is 1. The fourth-order valence-electron chi connectivity index (χ4n) is 2.33. The summed E-state index contributed by atoms with van der Waals surface area (Å²) in [5.74, 6) is 0.879. The lowest BCUT2D eigenvalue weighted by atomic mass is 9.95. The molecule has 1 unspecified atom stereocenters. The fraction of sp³-hybridized carbons (Fsp3) is 0.625. The minimum absolute atomic E-state index is 0.147. The van der Waals surface area contributed by atoms with E-state index in [0.717, 1.165) is 30.0 Å². The van der Waals surface area contributed by atoms with Gasteiger partial charge in [0.2, 0.25) is 0 Å². The Morgan fingerprint density at radius 3 is 2.90 bits per heavy atom. The predicted octanol–water partition coefficient (Wildman–Crippen LogP) is 3.03. The van der Waals surface area contributed by atoms with Gasteiger partial charge in [-0.05, 0) is 50.5 Å². The van der Waals surface area contributed by atoms with E-state index in [4.69, 9.17) is 4.74 Å². The summed E-state index contributed by atoms with van der Waals surface area (Å²) in [6.07, 6.45) is 7.05. The van der Waals surface area contributed by atoms with Gasteiger partial charge in [-0.25, -0.2) is 4.98 Å². The van der Waals surface area contributed by atoms with Gasteiger partial charge >= 0.3 is 5.97 Å². The van der Waals surface area contributed by atoms with E-state index in [1.165, 1.54) is 20.0 Å². The SMILES string of the molecule is COC(=O)C(C)(CCCCSc1ccccn1)NC1CC1. The normalized spacial score (nSPS) is 17.2. The Labute approximate surface area is 131 Å². The predicted molar refractivity (Wildman–Crippen MR) is 85.4 cm³/mol. The molecule has 0 saturated heterocycles. The van der Waals surface area contributed by atoms with Crippen LogP contribution in [0.3, 0.4) is 0 Å². The van der Waals surface area contributed by atoms with Crippen LogP contribution in [0, 0.1) is 0 Å². The molecule has 1 N–H and O–H groups in total. The molecule has 1 aromatic heterocycles. The van der Waals surface area contributed by atoms with Crippen molar-refractivity contribution in [2.24, 2.45) is 0 Å². The van der Waals surface area contributed by atoms with Gasteiger partial charge in [-0.15, -0.1) is 11.8 Å². The summed E-state index contributed by atoms with van der Waals surface area (Å²) in [4.78, 5) is 16.3. The van der Waals surface area contributed by atoms with E-state index in [9.17, 15) is 4.79 Å². The van der Waals surface area contributed by atoms with E-state index >= 15 is 0 Å². The third-order valence-corrected chi connectivity index (χ3v) is 4.72. The van der Waals surface area contributed by atoms with Gasteiger partial charge in [0.1, 0.15) is 5.54 Å². The lowest BCUT2D eigenvalue weighted by Gasteiger charge is -2.28. The molecule has 1 aromatic rings. The number of thioether (sulfide) groups is 1. The van der Waals surface area contributed by atoms with Crippen LogP contribution < -0.4 is 5.32 Å². The van der Waals surface area contributed by atoms with Gasteiger partial charge in [0.15, 0.2) is 0 Å². The molecule has 0 aliphatic heterocycles. The minimum atomic E-state index is -0.536. The molecular formula is C16H24N2O2S. The topological polar surface area (TPSA) is 51.2 Å². The molecule has 2 rings (SSSR count). The Kier molecular flexibility index (Phi) is 6.06. The number of hydrogen-bond acceptors (Lipinski definition) is 5. The van der Waals surface area contributed by atoms with Crippen LogP contribution in [0.5, 0.6) is 0 Å². The zero-order valence-electron chi connectivity index (χ0n) is 12.8. The second kappa shape index (κ2) is 7.80. The standard InChI is InChI=1S/C16H24N2O2S/c1-16(15(19)20-2,18-13-8-9-13)10-4-6-12-21-14-7-3-5-11-17-14/h3,5,7,11,13,18H,4,6,8-10,12H2,1-2H3. The lowest BCUT2D eigenvalue weighted by Crippen LogP contribution is -2.51. The molecule has 0 aromatic carbocycles. The van der Waals surface area contributed by atoms with Crippen molar-refractivity contribution in [1.82, 2.24) is 10.3 Å². The van der Waals surface area contributed by atoms with Crippen LogP contribution in [0.4, 0.5) is 0 Å². The van der Waals surface area contributed by atoms with E-state index in [2.05, 4.69) is 10.3 Å². The molecule has 0 spiro atoms. The Balaban J connectivity index is 1.70. The maximum Gasteiger partial charge on any atom is 0.325 e. The third-order valence-electron chi connectivity index (χ3n) is 3.69. The van der Waals surface area contributed by atoms with Gasteiger partial charge < -0.3 is 4.74 Å². The first-order valence-electron chi connectivity index (χ1n) is 7.54. The van der Waals surface area contributed by atoms with Gasteiger partial charge in [0, 0.05) is 12.2 Å². The number of ether oxygens (including phenoxy) is 1. The van der Waals surface area contributed by atoms with Crippen molar-refractivity contribution in [3.05, 3.63) is 24.4 Å². The first-order valence-corrected chi connectivity index (χ1v) is 8.52. The zero-order valence-corrected chi connectivity index (χ0v) is 13.6. The van der Waals surface area contributed by atoms with Gasteiger partial charge in [0.25, 0.3) is 0 Å². The first-order chi connectivity index (χ1) is 10.1. The number of rotatable bonds is 9. The molecule has 0 bridgehead atoms. The summed E-state index contributed by atoms with van der Waals surface area (Å²) in [6.45, 7) is 1.96. The number of hydrogen-bond donors (Lipinski definition) is 1. The van der Waals surface area contributed by atoms with Crippen molar-refractivity contribution < 1.29 is 9.53 Å². The summed E-state index contributed by atoms with van der Waals surface area (Å²) in [6, 6.07) is 6.45. The van der Waals surface area contributed by atoms with E-state index in [-0.39, 0.29) is 5.97 Å². The molecule has 21 heavy (non-hydrogen) atoms. The van der Waals surface area contributed by atoms with Crippen LogP contribution in [0.1, 0.15) is 39.0 Å². The molecule has 1 fully saturated rings. The Morgan fingerprint density at radius 1 is 1.48 bits per heavy atom. The largest absolute Gasteiger partial charge is 0.468 e. The van der Waals surface area contributed by atoms with Gasteiger partial charge in [0.05, 0.1) is 12.1 Å². The Bertz CT molecular complexity index is 451. The van der Waals surface area contributed by atoms with Crippen LogP contribution in [0.15, 0.2) is 29.4 Å². The molecule has 1 aliphatic carbocycles. The number of aromatic nitrogens is 1. The highest BCUT2D eigenvalue weighted by atomic mass is 32.2. The molecule has 1 atom stereocenters. The second-order valence-electron chi connectivity index (χ2n) is 5.72. The highest BCUT2D eigenvalue weighted by Crippen LogP contribution is 2.26. The summed E-state index contributed by atoms with van der Waals surface area (Å²) in [5, 5.41) is 4.49. The maximum atomic E-state index is 12.0. The highest BCUT2D eigenvalue weighted by molar-refractivity contribution is 7.99. The average molecular weight is 308 g/mol. The van der Waals surface area contributed by atoms with Crippen LogP contribution in [-0.4, -0.2) is 35.4 Å². The second-order valence-corrected chi connectivity index (χ2v) is 6.83. The van der Waals surface area contributed by atoms with Crippen LogP contribution >= 0.6 is 11.8 Å². The van der Waals surface area contributed by atoms with Gasteiger partial charge in [-0.1, -0.05) is 12.5 Å². The maximum absolute atomic E-state index is 12.0. The molecule has 116 valence electrons. The molecule has 0 amide bonds. The monoisotopic (exact) mass is 308 g/mol. The fourth-order valence-corrected chi connectivity index (χ4v) is 3.19. The summed E-state index contributed by atoms with van der Waals surface area (Å²) >= 11 is 1.76. The first kappa shape index (κ1) is 16.3. The number of nitrogens with zero attached hydrogens (tertiary/aromatic N) is 1. The van der Waals surface area contributed by atoms with E-state index in [1.807, 2.05) is 31.3 Å². The Morgan fingerprint density at radius 2 is 2.29 bits per heavy atom. The van der Waals surface area contributed by atoms with Gasteiger partial charge in [-0.2, -0.15) is 0 Å². The number of esters is 1. The smallest absolute Gasteiger partial charge is 0.325 e. The van der Waals surface area contributed by atoms with E-state index in [0.29, 0.717) is 6.04 Å². The summed E-state index contributed by atoms with van der Waals surface area (Å²) in [5.41, 5.74) is -0.536. The summed E-state index contributed by atoms with van der Waals surface area (Å²) < 4.78 is 4.95. The van der Waals surface area contributed by atoms with Crippen molar-refractivity contribution in [3.8, 4) is 0 Å². The molecule has 1 heterocycles. The average Bonchev–Trinajstić information content (AvgIpc) is 3.31. The molecule has 0 radical (unpaired) electrons. The highest BCUT2D eigenvalue weighted by Gasteiger charge is 2.38. The molecule has 4 nitrogen and oxygen atoms in total. The molecule has 1 saturated carbocycles. The Hall–Kier alpha value is -1.07. The molecular weight excluding hydrogens is 284 g/mol. The number of methoxy groups -OCH3 is 1. The van der Waals surface area contributed by atoms with Crippen molar-refractivity contribution in [2.75, 3.05) is 12.9 Å². The van der Waals surface area contributed by atoms with Crippen molar-refractivity contribution in [1.29, 1.82) is 0 Å². The number of carbonyl (C=O) groups excluding carboxylic acids is 1. The number of unbranched alkanes of at least 4 members (excludes halogenated alkanes) is 1. The third kappa shape index (κ3) is 5.32. The van der Waals surface area contributed by atoms with E-state index in [1.54, 1.807) is 11.8 Å². The van der Waals surface area contributed by atoms with Crippen LogP contribution in [0.25, 0.3) is 0 Å². The van der Waals surface area contributed by atoms with Crippen LogP contribution in [-0.2, 0) is 9.53 Å². The quantitative estimate of drug-likeness (QED) is 0.432. The zero-order chi connectivity index (χ0) is 15.1.